The van der Waals surface area contributed by atoms with Crippen LogP contribution in [-0.4, -0.2) is 16.0 Å². The second kappa shape index (κ2) is 9.54. The standard InChI is InChI=1S/C24H16ClF2NO3S/c25-20-5-2-6-21(27)19(20)14-31-18-4-1-3-16(11-18)12-22-23(29)28(24(30)32-22)13-15-7-9-17(26)10-8-15/h1-12H,13-14H2/b22-12+. The Morgan fingerprint density at radius 1 is 1.00 bits per heavy atom. The zero-order valence-electron chi connectivity index (χ0n) is 16.6. The molecule has 8 heteroatoms. The monoisotopic (exact) mass is 471 g/mol. The third-order valence-electron chi connectivity index (χ3n) is 4.73. The van der Waals surface area contributed by atoms with E-state index in [9.17, 15) is 18.4 Å². The number of nitrogens with zero attached hydrogens (tertiary/aromatic N) is 1. The molecule has 3 aromatic rings. The number of amides is 2. The number of hydrogen-bond acceptors (Lipinski definition) is 4. The van der Waals surface area contributed by atoms with Crippen molar-refractivity contribution >= 4 is 40.6 Å². The second-order valence-corrected chi connectivity index (χ2v) is 8.36. The van der Waals surface area contributed by atoms with Gasteiger partial charge in [0.05, 0.1) is 16.5 Å². The summed E-state index contributed by atoms with van der Waals surface area (Å²) in [7, 11) is 0. The summed E-state index contributed by atoms with van der Waals surface area (Å²) in [5.41, 5.74) is 1.55. The molecule has 0 aromatic heterocycles. The van der Waals surface area contributed by atoms with Crippen LogP contribution >= 0.6 is 23.4 Å². The first-order chi connectivity index (χ1) is 15.4. The lowest BCUT2D eigenvalue weighted by Gasteiger charge is -2.12. The van der Waals surface area contributed by atoms with Gasteiger partial charge < -0.3 is 4.74 Å². The van der Waals surface area contributed by atoms with Crippen molar-refractivity contribution in [3.63, 3.8) is 0 Å². The summed E-state index contributed by atoms with van der Waals surface area (Å²) in [6.45, 7) is 0.0119. The van der Waals surface area contributed by atoms with Crippen LogP contribution in [0.4, 0.5) is 13.6 Å². The fourth-order valence-electron chi connectivity index (χ4n) is 3.08. The van der Waals surface area contributed by atoms with Gasteiger partial charge in [0.2, 0.25) is 0 Å². The van der Waals surface area contributed by atoms with Crippen LogP contribution in [0.25, 0.3) is 6.08 Å². The summed E-state index contributed by atoms with van der Waals surface area (Å²) < 4.78 is 32.7. The minimum absolute atomic E-state index is 0.0524. The van der Waals surface area contributed by atoms with Gasteiger partial charge in [0.25, 0.3) is 11.1 Å². The minimum atomic E-state index is -0.455. The smallest absolute Gasteiger partial charge is 0.293 e. The molecule has 3 aromatic carbocycles. The van der Waals surface area contributed by atoms with E-state index in [1.54, 1.807) is 36.4 Å². The van der Waals surface area contributed by atoms with Gasteiger partial charge in [0.1, 0.15) is 24.0 Å². The maximum absolute atomic E-state index is 13.9. The van der Waals surface area contributed by atoms with Crippen LogP contribution in [-0.2, 0) is 17.9 Å². The Hall–Kier alpha value is -3.16. The first-order valence-corrected chi connectivity index (χ1v) is 10.8. The Morgan fingerprint density at radius 3 is 2.50 bits per heavy atom. The van der Waals surface area contributed by atoms with Crippen LogP contribution in [0.5, 0.6) is 5.75 Å². The predicted octanol–water partition coefficient (Wildman–Crippen LogP) is 6.43. The highest BCUT2D eigenvalue weighted by Gasteiger charge is 2.35. The van der Waals surface area contributed by atoms with Crippen LogP contribution < -0.4 is 4.74 Å². The van der Waals surface area contributed by atoms with Gasteiger partial charge in [-0.25, -0.2) is 8.78 Å². The number of imide groups is 1. The Kier molecular flexibility index (Phi) is 6.58. The molecule has 32 heavy (non-hydrogen) atoms. The number of hydrogen-bond donors (Lipinski definition) is 0. The Balaban J connectivity index is 1.47. The van der Waals surface area contributed by atoms with Gasteiger partial charge in [-0.1, -0.05) is 41.9 Å². The van der Waals surface area contributed by atoms with E-state index >= 15 is 0 Å². The zero-order valence-corrected chi connectivity index (χ0v) is 18.1. The van der Waals surface area contributed by atoms with Crippen molar-refractivity contribution in [1.29, 1.82) is 0 Å². The topological polar surface area (TPSA) is 46.6 Å². The molecule has 2 amide bonds. The van der Waals surface area contributed by atoms with E-state index in [1.165, 1.54) is 36.4 Å². The van der Waals surface area contributed by atoms with Gasteiger partial charge in [-0.05, 0) is 65.4 Å². The molecule has 1 aliphatic rings. The molecule has 1 aliphatic heterocycles. The van der Waals surface area contributed by atoms with E-state index in [0.29, 0.717) is 16.9 Å². The van der Waals surface area contributed by atoms with Gasteiger partial charge in [0.15, 0.2) is 0 Å². The average Bonchev–Trinajstić information content (AvgIpc) is 3.02. The first kappa shape index (κ1) is 22.0. The molecule has 1 saturated heterocycles. The highest BCUT2D eigenvalue weighted by Crippen LogP contribution is 2.34. The van der Waals surface area contributed by atoms with Crippen molar-refractivity contribution in [2.45, 2.75) is 13.2 Å². The molecule has 0 unspecified atom stereocenters. The molecule has 4 rings (SSSR count). The fraction of sp³-hybridized carbons (Fsp3) is 0.0833. The quantitative estimate of drug-likeness (QED) is 0.388. The minimum Gasteiger partial charge on any atom is -0.489 e. The van der Waals surface area contributed by atoms with Gasteiger partial charge in [-0.15, -0.1) is 0 Å². The van der Waals surface area contributed by atoms with Gasteiger partial charge in [-0.2, -0.15) is 0 Å². The Morgan fingerprint density at radius 2 is 1.75 bits per heavy atom. The van der Waals surface area contributed by atoms with Crippen LogP contribution in [0.15, 0.2) is 71.6 Å². The van der Waals surface area contributed by atoms with E-state index < -0.39 is 17.0 Å². The summed E-state index contributed by atoms with van der Waals surface area (Å²) >= 11 is 6.86. The van der Waals surface area contributed by atoms with E-state index in [-0.39, 0.29) is 34.5 Å². The Bertz CT molecular complexity index is 1190. The highest BCUT2D eigenvalue weighted by atomic mass is 35.5. The maximum atomic E-state index is 13.9. The molecule has 1 heterocycles. The van der Waals surface area contributed by atoms with E-state index in [4.69, 9.17) is 16.3 Å². The lowest BCUT2D eigenvalue weighted by atomic mass is 10.2. The molecule has 0 atom stereocenters. The molecular formula is C24H16ClF2NO3S. The molecular weight excluding hydrogens is 456 g/mol. The number of thioether (sulfide) groups is 1. The summed E-state index contributed by atoms with van der Waals surface area (Å²) in [4.78, 5) is 26.4. The SMILES string of the molecule is O=C1S/C(=C/c2cccc(OCc3c(F)cccc3Cl)c2)C(=O)N1Cc1ccc(F)cc1. The average molecular weight is 472 g/mol. The maximum Gasteiger partial charge on any atom is 0.293 e. The van der Waals surface area contributed by atoms with Crippen LogP contribution in [0.1, 0.15) is 16.7 Å². The summed E-state index contributed by atoms with van der Waals surface area (Å²) in [5.74, 6) is -0.803. The van der Waals surface area contributed by atoms with E-state index in [1.807, 2.05) is 0 Å². The zero-order chi connectivity index (χ0) is 22.7. The van der Waals surface area contributed by atoms with E-state index in [0.717, 1.165) is 16.7 Å². The van der Waals surface area contributed by atoms with Crippen LogP contribution in [0.2, 0.25) is 5.02 Å². The summed E-state index contributed by atoms with van der Waals surface area (Å²) in [6, 6.07) is 16.9. The molecule has 162 valence electrons. The number of ether oxygens (including phenoxy) is 1. The van der Waals surface area contributed by atoms with Gasteiger partial charge in [-0.3, -0.25) is 14.5 Å². The van der Waals surface area contributed by atoms with Crippen molar-refractivity contribution in [3.8, 4) is 5.75 Å². The highest BCUT2D eigenvalue weighted by molar-refractivity contribution is 8.18. The lowest BCUT2D eigenvalue weighted by molar-refractivity contribution is -0.123. The first-order valence-electron chi connectivity index (χ1n) is 9.56. The number of carbonyl (C=O) groups excluding carboxylic acids is 2. The number of carbonyl (C=O) groups is 2. The molecule has 0 spiro atoms. The largest absolute Gasteiger partial charge is 0.489 e. The van der Waals surface area contributed by atoms with Crippen molar-refractivity contribution in [3.05, 3.63) is 105 Å². The predicted molar refractivity (Wildman–Crippen MR) is 120 cm³/mol. The van der Waals surface area contributed by atoms with Gasteiger partial charge in [0, 0.05) is 5.56 Å². The van der Waals surface area contributed by atoms with Gasteiger partial charge >= 0.3 is 0 Å². The molecule has 4 nitrogen and oxygen atoms in total. The lowest BCUT2D eigenvalue weighted by Crippen LogP contribution is -2.27. The molecule has 0 aliphatic carbocycles. The molecule has 1 fully saturated rings. The molecule has 0 saturated carbocycles. The van der Waals surface area contributed by atoms with E-state index in [2.05, 4.69) is 0 Å². The Labute approximate surface area is 192 Å². The number of rotatable bonds is 6. The summed E-state index contributed by atoms with van der Waals surface area (Å²) in [6.07, 6.45) is 1.60. The molecule has 0 N–H and O–H groups in total. The van der Waals surface area contributed by atoms with Crippen LogP contribution in [0.3, 0.4) is 0 Å². The molecule has 0 radical (unpaired) electrons. The van der Waals surface area contributed by atoms with Crippen molar-refractivity contribution < 1.29 is 23.1 Å². The fourth-order valence-corrected chi connectivity index (χ4v) is 4.14. The number of benzene rings is 3. The molecule has 0 bridgehead atoms. The van der Waals surface area contributed by atoms with Crippen molar-refractivity contribution in [2.24, 2.45) is 0 Å². The third-order valence-corrected chi connectivity index (χ3v) is 5.99. The van der Waals surface area contributed by atoms with Crippen molar-refractivity contribution in [1.82, 2.24) is 4.90 Å². The van der Waals surface area contributed by atoms with Crippen LogP contribution in [0, 0.1) is 11.6 Å². The van der Waals surface area contributed by atoms with Crippen molar-refractivity contribution in [2.75, 3.05) is 0 Å². The number of halogens is 3. The third kappa shape index (κ3) is 5.00. The summed E-state index contributed by atoms with van der Waals surface area (Å²) in [5, 5.41) is -0.122. The normalized spacial score (nSPS) is 15.0. The second-order valence-electron chi connectivity index (χ2n) is 6.96.